The fourth-order valence-electron chi connectivity index (χ4n) is 2.16. The molecule has 2 N–H and O–H groups in total. The SMILES string of the molecule is NCC#Cc1ccc(S(=O)(=O)N2CCCCC2)cc1F. The second-order valence-corrected chi connectivity index (χ2v) is 6.55. The average molecular weight is 296 g/mol. The zero-order valence-corrected chi connectivity index (χ0v) is 11.9. The molecule has 0 amide bonds. The van der Waals surface area contributed by atoms with E-state index in [0.717, 1.165) is 25.3 Å². The van der Waals surface area contributed by atoms with Gasteiger partial charge in [0, 0.05) is 13.1 Å². The standard InChI is InChI=1S/C14H17FN2O2S/c15-14-11-13(7-6-12(14)5-4-8-16)20(18,19)17-9-2-1-3-10-17/h6-7,11H,1-3,8-10,16H2. The third-order valence-corrected chi connectivity index (χ3v) is 5.11. The minimum Gasteiger partial charge on any atom is -0.320 e. The third-order valence-electron chi connectivity index (χ3n) is 3.22. The van der Waals surface area contributed by atoms with Crippen LogP contribution in [-0.4, -0.2) is 32.4 Å². The molecule has 1 aliphatic rings. The average Bonchev–Trinajstić information content (AvgIpc) is 2.47. The van der Waals surface area contributed by atoms with Crippen LogP contribution in [0.25, 0.3) is 0 Å². The summed E-state index contributed by atoms with van der Waals surface area (Å²) < 4.78 is 40.0. The molecule has 108 valence electrons. The van der Waals surface area contributed by atoms with Crippen molar-refractivity contribution in [2.75, 3.05) is 19.6 Å². The fourth-order valence-corrected chi connectivity index (χ4v) is 3.69. The summed E-state index contributed by atoms with van der Waals surface area (Å²) in [6, 6.07) is 3.81. The Hall–Kier alpha value is -1.42. The van der Waals surface area contributed by atoms with Crippen molar-refractivity contribution in [3.8, 4) is 11.8 Å². The van der Waals surface area contributed by atoms with Gasteiger partial charge in [0.2, 0.25) is 10.0 Å². The second-order valence-electron chi connectivity index (χ2n) is 4.61. The van der Waals surface area contributed by atoms with Crippen molar-refractivity contribution in [3.63, 3.8) is 0 Å². The molecule has 6 heteroatoms. The first-order valence-corrected chi connectivity index (χ1v) is 7.98. The lowest BCUT2D eigenvalue weighted by atomic mass is 10.2. The predicted molar refractivity (Wildman–Crippen MR) is 74.9 cm³/mol. The summed E-state index contributed by atoms with van der Waals surface area (Å²) in [5, 5.41) is 0. The van der Waals surface area contributed by atoms with Crippen LogP contribution >= 0.6 is 0 Å². The summed E-state index contributed by atoms with van der Waals surface area (Å²) in [5.41, 5.74) is 5.38. The van der Waals surface area contributed by atoms with Gasteiger partial charge in [-0.3, -0.25) is 0 Å². The number of halogens is 1. The molecule has 1 aliphatic heterocycles. The number of nitrogens with zero attached hydrogens (tertiary/aromatic N) is 1. The van der Waals surface area contributed by atoms with E-state index in [-0.39, 0.29) is 17.0 Å². The fraction of sp³-hybridized carbons (Fsp3) is 0.429. The van der Waals surface area contributed by atoms with Gasteiger partial charge in [-0.2, -0.15) is 4.31 Å². The zero-order valence-electron chi connectivity index (χ0n) is 11.1. The first-order chi connectivity index (χ1) is 9.55. The largest absolute Gasteiger partial charge is 0.320 e. The van der Waals surface area contributed by atoms with Crippen molar-refractivity contribution in [1.29, 1.82) is 0 Å². The van der Waals surface area contributed by atoms with E-state index in [1.165, 1.54) is 16.4 Å². The molecule has 1 saturated heterocycles. The highest BCUT2D eigenvalue weighted by Crippen LogP contribution is 2.22. The monoisotopic (exact) mass is 296 g/mol. The van der Waals surface area contributed by atoms with Gasteiger partial charge in [0.1, 0.15) is 5.82 Å². The Balaban J connectivity index is 2.30. The van der Waals surface area contributed by atoms with Crippen LogP contribution in [0.5, 0.6) is 0 Å². The zero-order chi connectivity index (χ0) is 14.6. The summed E-state index contributed by atoms with van der Waals surface area (Å²) in [7, 11) is -3.60. The highest BCUT2D eigenvalue weighted by Gasteiger charge is 2.26. The van der Waals surface area contributed by atoms with Crippen LogP contribution < -0.4 is 5.73 Å². The van der Waals surface area contributed by atoms with Crippen molar-refractivity contribution >= 4 is 10.0 Å². The molecule has 1 fully saturated rings. The van der Waals surface area contributed by atoms with Crippen molar-refractivity contribution in [1.82, 2.24) is 4.31 Å². The summed E-state index contributed by atoms with van der Waals surface area (Å²) in [4.78, 5) is -0.0183. The molecule has 4 nitrogen and oxygen atoms in total. The lowest BCUT2D eigenvalue weighted by Gasteiger charge is -2.25. The molecule has 0 bridgehead atoms. The van der Waals surface area contributed by atoms with Crippen LogP contribution in [0.15, 0.2) is 23.1 Å². The molecule has 0 aliphatic carbocycles. The van der Waals surface area contributed by atoms with Crippen LogP contribution in [-0.2, 0) is 10.0 Å². The number of benzene rings is 1. The van der Waals surface area contributed by atoms with Crippen molar-refractivity contribution in [2.24, 2.45) is 5.73 Å². The van der Waals surface area contributed by atoms with Crippen LogP contribution in [0.2, 0.25) is 0 Å². The number of sulfonamides is 1. The molecular weight excluding hydrogens is 279 g/mol. The van der Waals surface area contributed by atoms with Crippen LogP contribution in [0.4, 0.5) is 4.39 Å². The van der Waals surface area contributed by atoms with E-state index in [2.05, 4.69) is 11.8 Å². The van der Waals surface area contributed by atoms with E-state index in [1.54, 1.807) is 0 Å². The molecule has 0 spiro atoms. The van der Waals surface area contributed by atoms with Gasteiger partial charge in [-0.15, -0.1) is 0 Å². The Labute approximate surface area is 118 Å². The molecule has 0 atom stereocenters. The number of hydrogen-bond acceptors (Lipinski definition) is 3. The molecular formula is C14H17FN2O2S. The Morgan fingerprint density at radius 2 is 1.95 bits per heavy atom. The van der Waals surface area contributed by atoms with E-state index >= 15 is 0 Å². The smallest absolute Gasteiger partial charge is 0.243 e. The van der Waals surface area contributed by atoms with Gasteiger partial charge in [0.05, 0.1) is 17.0 Å². The second kappa shape index (κ2) is 6.35. The Kier molecular flexibility index (Phi) is 4.76. The van der Waals surface area contributed by atoms with Crippen LogP contribution in [0, 0.1) is 17.7 Å². The maximum absolute atomic E-state index is 13.8. The molecule has 0 aromatic heterocycles. The number of nitrogens with two attached hydrogens (primary N) is 1. The summed E-state index contributed by atoms with van der Waals surface area (Å²) in [6.07, 6.45) is 2.73. The van der Waals surface area contributed by atoms with E-state index in [0.29, 0.717) is 13.1 Å². The lowest BCUT2D eigenvalue weighted by Crippen LogP contribution is -2.35. The first kappa shape index (κ1) is 15.0. The molecule has 1 heterocycles. The van der Waals surface area contributed by atoms with E-state index in [9.17, 15) is 12.8 Å². The summed E-state index contributed by atoms with van der Waals surface area (Å²) >= 11 is 0. The normalized spacial score (nSPS) is 16.5. The first-order valence-electron chi connectivity index (χ1n) is 6.54. The van der Waals surface area contributed by atoms with Crippen LogP contribution in [0.3, 0.4) is 0 Å². The molecule has 0 unspecified atom stereocenters. The maximum atomic E-state index is 13.8. The van der Waals surface area contributed by atoms with Gasteiger partial charge in [-0.25, -0.2) is 12.8 Å². The van der Waals surface area contributed by atoms with Gasteiger partial charge in [-0.05, 0) is 31.0 Å². The van der Waals surface area contributed by atoms with Gasteiger partial charge < -0.3 is 5.73 Å². The molecule has 1 aromatic rings. The van der Waals surface area contributed by atoms with Crippen LogP contribution in [0.1, 0.15) is 24.8 Å². The van der Waals surface area contributed by atoms with Gasteiger partial charge >= 0.3 is 0 Å². The van der Waals surface area contributed by atoms with E-state index < -0.39 is 15.8 Å². The topological polar surface area (TPSA) is 63.4 Å². The van der Waals surface area contributed by atoms with Gasteiger partial charge in [0.25, 0.3) is 0 Å². The molecule has 20 heavy (non-hydrogen) atoms. The maximum Gasteiger partial charge on any atom is 0.243 e. The molecule has 1 aromatic carbocycles. The van der Waals surface area contributed by atoms with Crippen molar-refractivity contribution in [3.05, 3.63) is 29.6 Å². The Morgan fingerprint density at radius 1 is 1.25 bits per heavy atom. The highest BCUT2D eigenvalue weighted by molar-refractivity contribution is 7.89. The minimum atomic E-state index is -3.60. The van der Waals surface area contributed by atoms with Crippen molar-refractivity contribution in [2.45, 2.75) is 24.2 Å². The summed E-state index contributed by atoms with van der Waals surface area (Å²) in [6.45, 7) is 1.13. The molecule has 0 radical (unpaired) electrons. The highest BCUT2D eigenvalue weighted by atomic mass is 32.2. The third kappa shape index (κ3) is 3.18. The van der Waals surface area contributed by atoms with E-state index in [4.69, 9.17) is 5.73 Å². The number of rotatable bonds is 2. The van der Waals surface area contributed by atoms with E-state index in [1.807, 2.05) is 0 Å². The Bertz CT molecular complexity index is 641. The van der Waals surface area contributed by atoms with Gasteiger partial charge in [-0.1, -0.05) is 18.3 Å². The minimum absolute atomic E-state index is 0.0183. The Morgan fingerprint density at radius 3 is 2.55 bits per heavy atom. The molecule has 2 rings (SSSR count). The number of hydrogen-bond donors (Lipinski definition) is 1. The molecule has 0 saturated carbocycles. The lowest BCUT2D eigenvalue weighted by molar-refractivity contribution is 0.346. The van der Waals surface area contributed by atoms with Gasteiger partial charge in [0.15, 0.2) is 0 Å². The number of piperidine rings is 1. The summed E-state index contributed by atoms with van der Waals surface area (Å²) in [5.74, 6) is 4.48. The quantitative estimate of drug-likeness (QED) is 0.837. The predicted octanol–water partition coefficient (Wildman–Crippen LogP) is 1.31. The van der Waals surface area contributed by atoms with Crippen molar-refractivity contribution < 1.29 is 12.8 Å².